The van der Waals surface area contributed by atoms with Crippen LogP contribution in [0.5, 0.6) is 0 Å². The number of amides is 1. The van der Waals surface area contributed by atoms with Gasteiger partial charge in [-0.15, -0.1) is 0 Å². The molecule has 0 aromatic carbocycles. The molecule has 110 valence electrons. The number of carbonyl (C=O) groups excluding carboxylic acids is 1. The van der Waals surface area contributed by atoms with Crippen LogP contribution in [0.2, 0.25) is 0 Å². The fourth-order valence-electron chi connectivity index (χ4n) is 3.48. The Labute approximate surface area is 124 Å². The van der Waals surface area contributed by atoms with Crippen LogP contribution >= 0.6 is 11.3 Å². The van der Waals surface area contributed by atoms with Gasteiger partial charge in [0.15, 0.2) is 0 Å². The summed E-state index contributed by atoms with van der Waals surface area (Å²) in [5, 5.41) is 7.15. The van der Waals surface area contributed by atoms with E-state index < -0.39 is 0 Å². The number of fused-ring (bicyclic) bond motifs is 1. The summed E-state index contributed by atoms with van der Waals surface area (Å²) in [6.45, 7) is 3.76. The summed E-state index contributed by atoms with van der Waals surface area (Å²) in [7, 11) is 1.73. The molecule has 1 N–H and O–H groups in total. The van der Waals surface area contributed by atoms with Gasteiger partial charge in [0.05, 0.1) is 6.10 Å². The summed E-state index contributed by atoms with van der Waals surface area (Å²) in [5.74, 6) is 0.640. The Morgan fingerprint density at radius 3 is 3.20 bits per heavy atom. The first kappa shape index (κ1) is 14.0. The van der Waals surface area contributed by atoms with E-state index in [2.05, 4.69) is 27.0 Å². The molecule has 0 spiro atoms. The Morgan fingerprint density at radius 2 is 2.45 bits per heavy atom. The lowest BCUT2D eigenvalue weighted by Gasteiger charge is -2.44. The van der Waals surface area contributed by atoms with Gasteiger partial charge >= 0.3 is 0 Å². The van der Waals surface area contributed by atoms with Crippen LogP contribution in [0.3, 0.4) is 0 Å². The first-order valence-electron chi connectivity index (χ1n) is 7.34. The van der Waals surface area contributed by atoms with Crippen LogP contribution < -0.4 is 5.32 Å². The standard InChI is InChI=1S/C15H22N2O2S/c1-16-15(18)12-3-6-19-14-2-5-17(9-13(12)14)8-11-4-7-20-10-11/h4,7,10,12-14H,2-3,5-6,8-9H2,1H3,(H,16,18)/t12-,13+,14-/m1/s1. The highest BCUT2D eigenvalue weighted by Gasteiger charge is 2.41. The van der Waals surface area contributed by atoms with E-state index in [4.69, 9.17) is 4.74 Å². The minimum atomic E-state index is 0.115. The summed E-state index contributed by atoms with van der Waals surface area (Å²) in [5.41, 5.74) is 1.38. The summed E-state index contributed by atoms with van der Waals surface area (Å²) < 4.78 is 5.89. The van der Waals surface area contributed by atoms with Crippen LogP contribution in [0, 0.1) is 11.8 Å². The van der Waals surface area contributed by atoms with Crippen LogP contribution in [-0.4, -0.2) is 43.7 Å². The predicted molar refractivity (Wildman–Crippen MR) is 79.6 cm³/mol. The van der Waals surface area contributed by atoms with Gasteiger partial charge < -0.3 is 10.1 Å². The van der Waals surface area contributed by atoms with Crippen molar-refractivity contribution in [1.29, 1.82) is 0 Å². The second-order valence-corrected chi connectivity index (χ2v) is 6.52. The molecule has 0 radical (unpaired) electrons. The fraction of sp³-hybridized carbons (Fsp3) is 0.667. The fourth-order valence-corrected chi connectivity index (χ4v) is 4.14. The number of piperidine rings is 1. The van der Waals surface area contributed by atoms with Crippen molar-refractivity contribution < 1.29 is 9.53 Å². The Bertz CT molecular complexity index is 449. The first-order chi connectivity index (χ1) is 9.78. The maximum atomic E-state index is 12.1. The smallest absolute Gasteiger partial charge is 0.223 e. The monoisotopic (exact) mass is 294 g/mol. The van der Waals surface area contributed by atoms with Crippen molar-refractivity contribution in [2.45, 2.75) is 25.5 Å². The molecule has 3 atom stereocenters. The molecule has 2 fully saturated rings. The van der Waals surface area contributed by atoms with Gasteiger partial charge in [-0.3, -0.25) is 9.69 Å². The maximum Gasteiger partial charge on any atom is 0.223 e. The van der Waals surface area contributed by atoms with Gasteiger partial charge in [0.2, 0.25) is 5.91 Å². The molecule has 5 heteroatoms. The van der Waals surface area contributed by atoms with Crippen molar-refractivity contribution in [3.05, 3.63) is 22.4 Å². The second-order valence-electron chi connectivity index (χ2n) is 5.74. The van der Waals surface area contributed by atoms with Gasteiger partial charge in [0, 0.05) is 45.1 Å². The molecule has 0 saturated carbocycles. The zero-order valence-electron chi connectivity index (χ0n) is 11.9. The lowest BCUT2D eigenvalue weighted by Crippen LogP contribution is -2.52. The highest BCUT2D eigenvalue weighted by molar-refractivity contribution is 7.07. The molecule has 0 unspecified atom stereocenters. The van der Waals surface area contributed by atoms with Crippen molar-refractivity contribution in [2.75, 3.05) is 26.7 Å². The summed E-state index contributed by atoms with van der Waals surface area (Å²) >= 11 is 1.74. The number of hydrogen-bond donors (Lipinski definition) is 1. The largest absolute Gasteiger partial charge is 0.378 e. The third kappa shape index (κ3) is 2.90. The Kier molecular flexibility index (Phi) is 4.38. The van der Waals surface area contributed by atoms with Crippen molar-refractivity contribution in [3.8, 4) is 0 Å². The molecule has 3 heterocycles. The third-order valence-corrected chi connectivity index (χ3v) is 5.26. The Morgan fingerprint density at radius 1 is 1.55 bits per heavy atom. The van der Waals surface area contributed by atoms with Crippen molar-refractivity contribution in [2.24, 2.45) is 11.8 Å². The number of ether oxygens (including phenoxy) is 1. The van der Waals surface area contributed by atoms with E-state index in [9.17, 15) is 4.79 Å². The van der Waals surface area contributed by atoms with Crippen LogP contribution in [-0.2, 0) is 16.1 Å². The zero-order valence-corrected chi connectivity index (χ0v) is 12.7. The number of carbonyl (C=O) groups is 1. The van der Waals surface area contributed by atoms with Crippen LogP contribution in [0.15, 0.2) is 16.8 Å². The first-order valence-corrected chi connectivity index (χ1v) is 8.29. The van der Waals surface area contributed by atoms with E-state index in [1.54, 1.807) is 18.4 Å². The van der Waals surface area contributed by atoms with Gasteiger partial charge in [-0.2, -0.15) is 11.3 Å². The molecule has 1 aromatic heterocycles. The third-order valence-electron chi connectivity index (χ3n) is 4.52. The minimum absolute atomic E-state index is 0.115. The predicted octanol–water partition coefficient (Wildman–Crippen LogP) is 1.72. The second kappa shape index (κ2) is 6.24. The molecule has 2 aliphatic heterocycles. The molecule has 2 aliphatic rings. The number of rotatable bonds is 3. The van der Waals surface area contributed by atoms with E-state index >= 15 is 0 Å². The number of hydrogen-bond acceptors (Lipinski definition) is 4. The molecule has 20 heavy (non-hydrogen) atoms. The average Bonchev–Trinajstić information content (AvgIpc) is 2.98. The highest BCUT2D eigenvalue weighted by atomic mass is 32.1. The van der Waals surface area contributed by atoms with E-state index in [-0.39, 0.29) is 17.9 Å². The van der Waals surface area contributed by atoms with Crippen molar-refractivity contribution in [3.63, 3.8) is 0 Å². The highest BCUT2D eigenvalue weighted by Crippen LogP contribution is 2.33. The molecule has 4 nitrogen and oxygen atoms in total. The van der Waals surface area contributed by atoms with Gasteiger partial charge in [-0.25, -0.2) is 0 Å². The average molecular weight is 294 g/mol. The minimum Gasteiger partial charge on any atom is -0.378 e. The maximum absolute atomic E-state index is 12.1. The van der Waals surface area contributed by atoms with Gasteiger partial charge in [-0.05, 0) is 35.2 Å². The Balaban J connectivity index is 1.67. The normalized spacial score (nSPS) is 30.8. The lowest BCUT2D eigenvalue weighted by atomic mass is 9.79. The summed E-state index contributed by atoms with van der Waals surface area (Å²) in [6.07, 6.45) is 2.17. The van der Waals surface area contributed by atoms with E-state index in [0.717, 1.165) is 39.1 Å². The quantitative estimate of drug-likeness (QED) is 0.923. The number of likely N-dealkylation sites (tertiary alicyclic amines) is 1. The number of thiophene rings is 1. The van der Waals surface area contributed by atoms with E-state index in [1.165, 1.54) is 5.56 Å². The van der Waals surface area contributed by atoms with Crippen molar-refractivity contribution in [1.82, 2.24) is 10.2 Å². The molecule has 0 aliphatic carbocycles. The molecule has 2 saturated heterocycles. The number of nitrogens with zero attached hydrogens (tertiary/aromatic N) is 1. The van der Waals surface area contributed by atoms with Crippen LogP contribution in [0.4, 0.5) is 0 Å². The zero-order chi connectivity index (χ0) is 13.9. The summed E-state index contributed by atoms with van der Waals surface area (Å²) in [6, 6.07) is 2.18. The lowest BCUT2D eigenvalue weighted by molar-refractivity contribution is -0.141. The van der Waals surface area contributed by atoms with E-state index in [0.29, 0.717) is 5.92 Å². The van der Waals surface area contributed by atoms with Crippen LogP contribution in [0.25, 0.3) is 0 Å². The summed E-state index contributed by atoms with van der Waals surface area (Å²) in [4.78, 5) is 14.5. The molecule has 3 rings (SSSR count). The molecule has 0 bridgehead atoms. The molecular formula is C15H22N2O2S. The molecular weight excluding hydrogens is 272 g/mol. The molecule has 1 aromatic rings. The van der Waals surface area contributed by atoms with Gasteiger partial charge in [0.1, 0.15) is 0 Å². The number of nitrogens with one attached hydrogen (secondary N) is 1. The molecule has 1 amide bonds. The van der Waals surface area contributed by atoms with Crippen LogP contribution in [0.1, 0.15) is 18.4 Å². The van der Waals surface area contributed by atoms with E-state index in [1.807, 2.05) is 0 Å². The van der Waals surface area contributed by atoms with Gasteiger partial charge in [-0.1, -0.05) is 0 Å². The van der Waals surface area contributed by atoms with Crippen molar-refractivity contribution >= 4 is 17.2 Å². The Hall–Kier alpha value is -0.910. The topological polar surface area (TPSA) is 41.6 Å². The SMILES string of the molecule is CNC(=O)[C@@H]1CCO[C@@H]2CCN(Cc3ccsc3)C[C@H]21. The van der Waals surface area contributed by atoms with Gasteiger partial charge in [0.25, 0.3) is 0 Å².